The second kappa shape index (κ2) is 11.7. The largest absolute Gasteiger partial charge is 0.504 e. The average Bonchev–Trinajstić information content (AvgIpc) is 2.91. The molecule has 1 saturated carbocycles. The van der Waals surface area contributed by atoms with E-state index in [0.717, 1.165) is 28.4 Å². The van der Waals surface area contributed by atoms with Crippen molar-refractivity contribution in [1.82, 2.24) is 0 Å². The van der Waals surface area contributed by atoms with Crippen LogP contribution in [0.4, 0.5) is 0 Å². The Hall–Kier alpha value is -3.67. The number of hydrogen-bond donors (Lipinski definition) is 2. The molecule has 0 radical (unpaired) electrons. The molecule has 2 aromatic rings. The summed E-state index contributed by atoms with van der Waals surface area (Å²) in [4.78, 5) is 44.7. The van der Waals surface area contributed by atoms with Crippen molar-refractivity contribution in [2.24, 2.45) is 22.7 Å². The second-order valence-electron chi connectivity index (χ2n) is 14.5. The van der Waals surface area contributed by atoms with Crippen molar-refractivity contribution in [3.63, 3.8) is 0 Å². The summed E-state index contributed by atoms with van der Waals surface area (Å²) >= 11 is 0. The van der Waals surface area contributed by atoms with E-state index in [9.17, 15) is 19.8 Å². The van der Waals surface area contributed by atoms with E-state index in [2.05, 4.69) is 32.6 Å². The summed E-state index contributed by atoms with van der Waals surface area (Å²) in [7, 11) is 0. The van der Waals surface area contributed by atoms with Gasteiger partial charge in [-0.2, -0.15) is 0 Å². The molecule has 0 amide bonds. The lowest BCUT2D eigenvalue weighted by Gasteiger charge is -2.60. The molecule has 2 aliphatic rings. The quantitative estimate of drug-likeness (QED) is 0.169. The molecule has 2 aliphatic carbocycles. The minimum Gasteiger partial charge on any atom is -0.504 e. The van der Waals surface area contributed by atoms with Crippen LogP contribution in [0.2, 0.25) is 0 Å². The smallest absolute Gasteiger partial charge is 0.204 e. The van der Waals surface area contributed by atoms with Crippen LogP contribution in [0.3, 0.4) is 0 Å². The lowest BCUT2D eigenvalue weighted by Crippen LogP contribution is -2.68. The van der Waals surface area contributed by atoms with Gasteiger partial charge in [-0.1, -0.05) is 60.9 Å². The first-order chi connectivity index (χ1) is 20.4. The van der Waals surface area contributed by atoms with Gasteiger partial charge < -0.3 is 14.6 Å². The highest BCUT2D eigenvalue weighted by Gasteiger charge is 2.72. The number of aromatic hydroxyl groups is 2. The summed E-state index contributed by atoms with van der Waals surface area (Å²) in [5, 5.41) is 20.6. The molecule has 4 atom stereocenters. The summed E-state index contributed by atoms with van der Waals surface area (Å²) in [5.41, 5.74) is -0.00105. The predicted molar refractivity (Wildman–Crippen MR) is 176 cm³/mol. The van der Waals surface area contributed by atoms with Crippen LogP contribution < -0.4 is 5.43 Å². The molecule has 0 aliphatic heterocycles. The van der Waals surface area contributed by atoms with Crippen molar-refractivity contribution in [2.45, 2.75) is 99.8 Å². The standard InChI is InChI=1S/C38H48O6/c1-21(2)11-13-25(24(7)8)19-37-20-26(14-12-22(3)4)36(9,10)38(35(37)43,16-15-23(5)6)34-31(33(37)42)32(41)27-17-28(39)29(40)18-30(27)44-34/h11-12,15,17-18,25-26,39-40H,7,13-14,16,19-20H2,1-6,8-10H3/t25?,26-,37+,38-/m0/s1. The number of fused-ring (bicyclic) bond motifs is 5. The van der Waals surface area contributed by atoms with Crippen LogP contribution in [-0.2, 0) is 10.2 Å². The Balaban J connectivity index is 2.17. The SMILES string of the molecule is C=C(C)C(CC=C(C)C)C[C@]12C[C@H](CC=C(C)C)C(C)(C)[C@](CC=C(C)C)(C1=O)c1oc3cc(O)c(O)cc3c(=O)c1C2=O. The molecule has 44 heavy (non-hydrogen) atoms. The molecule has 0 spiro atoms. The molecule has 1 heterocycles. The molecule has 1 aromatic heterocycles. The number of phenolic OH excluding ortho intramolecular Hbond substituents is 2. The van der Waals surface area contributed by atoms with E-state index in [0.29, 0.717) is 19.3 Å². The summed E-state index contributed by atoms with van der Waals surface area (Å²) in [5.74, 6) is -1.80. The van der Waals surface area contributed by atoms with Crippen molar-refractivity contribution in [3.05, 3.63) is 80.8 Å². The Kier molecular flexibility index (Phi) is 8.82. The zero-order valence-electron chi connectivity index (χ0n) is 27.8. The predicted octanol–water partition coefficient (Wildman–Crippen LogP) is 8.89. The highest BCUT2D eigenvalue weighted by Crippen LogP contribution is 2.66. The fraction of sp³-hybridized carbons (Fsp3) is 0.500. The molecule has 0 saturated heterocycles. The van der Waals surface area contributed by atoms with Gasteiger partial charge in [-0.05, 0) is 104 Å². The second-order valence-corrected chi connectivity index (χ2v) is 14.5. The lowest BCUT2D eigenvalue weighted by molar-refractivity contribution is -0.152. The van der Waals surface area contributed by atoms with Crippen LogP contribution >= 0.6 is 0 Å². The van der Waals surface area contributed by atoms with Gasteiger partial charge in [0.2, 0.25) is 5.43 Å². The van der Waals surface area contributed by atoms with Gasteiger partial charge in [0, 0.05) is 6.07 Å². The van der Waals surface area contributed by atoms with Crippen molar-refractivity contribution < 1.29 is 24.2 Å². The van der Waals surface area contributed by atoms with Crippen LogP contribution in [0.25, 0.3) is 11.0 Å². The zero-order valence-corrected chi connectivity index (χ0v) is 27.8. The van der Waals surface area contributed by atoms with Crippen molar-refractivity contribution in [1.29, 1.82) is 0 Å². The molecule has 1 unspecified atom stereocenters. The summed E-state index contributed by atoms with van der Waals surface area (Å²) in [6, 6.07) is 2.32. The molecular formula is C38H48O6. The van der Waals surface area contributed by atoms with Gasteiger partial charge in [-0.3, -0.25) is 14.4 Å². The fourth-order valence-electron chi connectivity index (χ4n) is 7.46. The van der Waals surface area contributed by atoms with Crippen LogP contribution in [0.5, 0.6) is 11.5 Å². The fourth-order valence-corrected chi connectivity index (χ4v) is 7.46. The number of ketones is 2. The number of Topliss-reactive ketones (excluding diaryl/α,β-unsaturated/α-hetero) is 2. The van der Waals surface area contributed by atoms with Crippen molar-refractivity contribution in [3.8, 4) is 11.5 Å². The first-order valence-electron chi connectivity index (χ1n) is 15.6. The third-order valence-electron chi connectivity index (χ3n) is 10.3. The van der Waals surface area contributed by atoms with Crippen LogP contribution in [0.1, 0.15) is 111 Å². The summed E-state index contributed by atoms with van der Waals surface area (Å²) in [6.07, 6.45) is 8.42. The maximum Gasteiger partial charge on any atom is 0.204 e. The molecule has 4 rings (SSSR count). The molecule has 6 nitrogen and oxygen atoms in total. The van der Waals surface area contributed by atoms with E-state index in [-0.39, 0.29) is 52.8 Å². The molecule has 2 bridgehead atoms. The monoisotopic (exact) mass is 600 g/mol. The molecule has 1 fully saturated rings. The third kappa shape index (κ3) is 5.20. The normalized spacial score (nSPS) is 24.3. The number of allylic oxidation sites excluding steroid dienone is 7. The molecular weight excluding hydrogens is 552 g/mol. The van der Waals surface area contributed by atoms with E-state index in [1.807, 2.05) is 54.5 Å². The van der Waals surface area contributed by atoms with E-state index >= 15 is 4.79 Å². The summed E-state index contributed by atoms with van der Waals surface area (Å²) < 4.78 is 6.46. The number of carbonyl (C=O) groups excluding carboxylic acids is 2. The Morgan fingerprint density at radius 3 is 2.11 bits per heavy atom. The Morgan fingerprint density at radius 2 is 1.55 bits per heavy atom. The number of phenols is 2. The first-order valence-corrected chi connectivity index (χ1v) is 15.6. The first kappa shape index (κ1) is 33.2. The Morgan fingerprint density at radius 1 is 0.955 bits per heavy atom. The Bertz CT molecular complexity index is 1680. The third-order valence-corrected chi connectivity index (χ3v) is 10.3. The van der Waals surface area contributed by atoms with E-state index in [1.165, 1.54) is 6.07 Å². The topological polar surface area (TPSA) is 105 Å². The van der Waals surface area contributed by atoms with Gasteiger partial charge in [-0.25, -0.2) is 0 Å². The van der Waals surface area contributed by atoms with Gasteiger partial charge in [0.25, 0.3) is 0 Å². The summed E-state index contributed by atoms with van der Waals surface area (Å²) in [6.45, 7) is 22.4. The van der Waals surface area contributed by atoms with Gasteiger partial charge in [0.15, 0.2) is 23.1 Å². The minimum atomic E-state index is -1.46. The molecule has 2 N–H and O–H groups in total. The van der Waals surface area contributed by atoms with Crippen LogP contribution in [0, 0.1) is 22.7 Å². The van der Waals surface area contributed by atoms with Gasteiger partial charge >= 0.3 is 0 Å². The number of carbonyl (C=O) groups is 2. The highest BCUT2D eigenvalue weighted by atomic mass is 16.3. The molecule has 1 aromatic carbocycles. The van der Waals surface area contributed by atoms with Crippen molar-refractivity contribution >= 4 is 22.5 Å². The van der Waals surface area contributed by atoms with Gasteiger partial charge in [0.05, 0.1) is 16.2 Å². The van der Waals surface area contributed by atoms with Crippen molar-refractivity contribution in [2.75, 3.05) is 0 Å². The average molecular weight is 601 g/mol. The van der Waals surface area contributed by atoms with Crippen LogP contribution in [-0.4, -0.2) is 21.8 Å². The number of benzene rings is 1. The molecule has 6 heteroatoms. The van der Waals surface area contributed by atoms with E-state index in [4.69, 9.17) is 4.42 Å². The van der Waals surface area contributed by atoms with Crippen LogP contribution in [0.15, 0.2) is 68.4 Å². The van der Waals surface area contributed by atoms with Gasteiger partial charge in [0.1, 0.15) is 16.9 Å². The minimum absolute atomic E-state index is 0.00720. The zero-order chi connectivity index (χ0) is 32.9. The molecule has 236 valence electrons. The maximum absolute atomic E-state index is 15.4. The van der Waals surface area contributed by atoms with Gasteiger partial charge in [-0.15, -0.1) is 0 Å². The van der Waals surface area contributed by atoms with E-state index in [1.54, 1.807) is 0 Å². The number of hydrogen-bond acceptors (Lipinski definition) is 6. The maximum atomic E-state index is 15.4. The lowest BCUT2D eigenvalue weighted by atomic mass is 9.39. The Labute approximate surface area is 261 Å². The van der Waals surface area contributed by atoms with E-state index < -0.39 is 39.0 Å². The number of rotatable bonds is 9. The highest BCUT2D eigenvalue weighted by molar-refractivity contribution is 6.23.